The third kappa shape index (κ3) is 5.37. The monoisotopic (exact) mass is 283 g/mol. The lowest BCUT2D eigenvalue weighted by atomic mass is 9.89. The largest absolute Gasteiger partial charge is 0.355 e. The Labute approximate surface area is 122 Å². The summed E-state index contributed by atoms with van der Waals surface area (Å²) in [6.45, 7) is 2.99. The van der Waals surface area contributed by atoms with Crippen molar-refractivity contribution < 1.29 is 4.79 Å². The minimum Gasteiger partial charge on any atom is -0.355 e. The van der Waals surface area contributed by atoms with E-state index in [1.54, 1.807) is 0 Å². The van der Waals surface area contributed by atoms with Crippen molar-refractivity contribution in [2.75, 3.05) is 6.54 Å². The van der Waals surface area contributed by atoms with Crippen LogP contribution in [0.15, 0.2) is 0 Å². The molecule has 1 atom stereocenters. The molecule has 1 N–H and O–H groups in total. The molecule has 0 aromatic rings. The van der Waals surface area contributed by atoms with Crippen LogP contribution in [0, 0.1) is 5.92 Å². The summed E-state index contributed by atoms with van der Waals surface area (Å²) >= 11 is 1.90. The molecular formula is C16H29NOS. The van der Waals surface area contributed by atoms with E-state index in [1.165, 1.54) is 64.2 Å². The molecule has 0 radical (unpaired) electrons. The molecule has 2 nitrogen and oxygen atoms in total. The van der Waals surface area contributed by atoms with Crippen molar-refractivity contribution in [1.82, 2.24) is 5.32 Å². The van der Waals surface area contributed by atoms with Gasteiger partial charge in [0.25, 0.3) is 0 Å². The summed E-state index contributed by atoms with van der Waals surface area (Å²) in [6.07, 6.45) is 13.4. The molecule has 0 spiro atoms. The molecule has 0 bridgehead atoms. The summed E-state index contributed by atoms with van der Waals surface area (Å²) in [7, 11) is 0. The molecule has 0 aromatic carbocycles. The second kappa shape index (κ2) is 8.18. The Bertz CT molecular complexity index is 270. The van der Waals surface area contributed by atoms with E-state index in [2.05, 4.69) is 12.2 Å². The summed E-state index contributed by atoms with van der Waals surface area (Å²) in [5.74, 6) is 1.01. The highest BCUT2D eigenvalue weighted by molar-refractivity contribution is 8.01. The van der Waals surface area contributed by atoms with Gasteiger partial charge in [-0.05, 0) is 38.5 Å². The molecule has 3 heteroatoms. The molecule has 0 heterocycles. The van der Waals surface area contributed by atoms with Crippen LogP contribution in [-0.4, -0.2) is 23.0 Å². The molecule has 110 valence electrons. The molecule has 0 saturated heterocycles. The van der Waals surface area contributed by atoms with Crippen LogP contribution in [0.3, 0.4) is 0 Å². The van der Waals surface area contributed by atoms with E-state index in [-0.39, 0.29) is 11.2 Å². The molecular weight excluding hydrogens is 254 g/mol. The Kier molecular flexibility index (Phi) is 6.55. The number of hydrogen-bond acceptors (Lipinski definition) is 2. The standard InChI is InChI=1S/C16H29NOS/c1-13(19-15-10-6-3-7-11-15)16(18)17-12-14-8-4-2-5-9-14/h13-15H,2-12H2,1H3,(H,17,18). The van der Waals surface area contributed by atoms with Gasteiger partial charge in [0.1, 0.15) is 0 Å². The Morgan fingerprint density at radius 2 is 1.63 bits per heavy atom. The van der Waals surface area contributed by atoms with Crippen LogP contribution < -0.4 is 5.32 Å². The zero-order valence-corrected chi connectivity index (χ0v) is 13.1. The summed E-state index contributed by atoms with van der Waals surface area (Å²) < 4.78 is 0. The Balaban J connectivity index is 1.63. The fraction of sp³-hybridized carbons (Fsp3) is 0.938. The van der Waals surface area contributed by atoms with Crippen LogP contribution in [0.2, 0.25) is 0 Å². The van der Waals surface area contributed by atoms with Crippen molar-refractivity contribution in [2.24, 2.45) is 5.92 Å². The van der Waals surface area contributed by atoms with Gasteiger partial charge in [-0.25, -0.2) is 0 Å². The predicted octanol–water partition coefficient (Wildman–Crippen LogP) is 4.14. The first-order valence-electron chi connectivity index (χ1n) is 8.19. The third-order valence-corrected chi connectivity index (χ3v) is 6.09. The van der Waals surface area contributed by atoms with Crippen LogP contribution in [0.4, 0.5) is 0 Å². The summed E-state index contributed by atoms with van der Waals surface area (Å²) in [5.41, 5.74) is 0. The van der Waals surface area contributed by atoms with E-state index < -0.39 is 0 Å². The minimum atomic E-state index is 0.131. The topological polar surface area (TPSA) is 29.1 Å². The molecule has 2 saturated carbocycles. The molecule has 0 aliphatic heterocycles. The third-order valence-electron chi connectivity index (χ3n) is 4.61. The maximum atomic E-state index is 12.1. The highest BCUT2D eigenvalue weighted by Crippen LogP contribution is 2.31. The first-order valence-corrected chi connectivity index (χ1v) is 9.13. The van der Waals surface area contributed by atoms with Gasteiger partial charge in [0.2, 0.25) is 5.91 Å². The lowest BCUT2D eigenvalue weighted by Crippen LogP contribution is -2.36. The number of hydrogen-bond donors (Lipinski definition) is 1. The molecule has 1 amide bonds. The van der Waals surface area contributed by atoms with Gasteiger partial charge in [0.05, 0.1) is 5.25 Å². The summed E-state index contributed by atoms with van der Waals surface area (Å²) in [5, 5.41) is 4.04. The molecule has 2 fully saturated rings. The Hall–Kier alpha value is -0.180. The Morgan fingerprint density at radius 3 is 2.26 bits per heavy atom. The fourth-order valence-corrected chi connectivity index (χ4v) is 4.72. The van der Waals surface area contributed by atoms with E-state index in [0.717, 1.165) is 17.7 Å². The van der Waals surface area contributed by atoms with Gasteiger partial charge in [-0.3, -0.25) is 4.79 Å². The van der Waals surface area contributed by atoms with Crippen LogP contribution in [-0.2, 0) is 4.79 Å². The Morgan fingerprint density at radius 1 is 1.05 bits per heavy atom. The van der Waals surface area contributed by atoms with Crippen molar-refractivity contribution >= 4 is 17.7 Å². The van der Waals surface area contributed by atoms with Gasteiger partial charge in [0.15, 0.2) is 0 Å². The van der Waals surface area contributed by atoms with Crippen LogP contribution in [0.5, 0.6) is 0 Å². The van der Waals surface area contributed by atoms with Crippen molar-refractivity contribution in [3.8, 4) is 0 Å². The normalized spacial score (nSPS) is 24.1. The first-order chi connectivity index (χ1) is 9.25. The van der Waals surface area contributed by atoms with Gasteiger partial charge in [-0.1, -0.05) is 38.5 Å². The maximum absolute atomic E-state index is 12.1. The molecule has 1 unspecified atom stereocenters. The predicted molar refractivity (Wildman–Crippen MR) is 83.5 cm³/mol. The number of carbonyl (C=O) groups is 1. The van der Waals surface area contributed by atoms with Gasteiger partial charge >= 0.3 is 0 Å². The molecule has 0 aromatic heterocycles. The smallest absolute Gasteiger partial charge is 0.232 e. The number of carbonyl (C=O) groups excluding carboxylic acids is 1. The van der Waals surface area contributed by atoms with Gasteiger partial charge in [-0.2, -0.15) is 0 Å². The lowest BCUT2D eigenvalue weighted by Gasteiger charge is -2.25. The fourth-order valence-electron chi connectivity index (χ4n) is 3.33. The molecule has 2 aliphatic carbocycles. The minimum absolute atomic E-state index is 0.131. The lowest BCUT2D eigenvalue weighted by molar-refractivity contribution is -0.120. The average molecular weight is 283 g/mol. The highest BCUT2D eigenvalue weighted by Gasteiger charge is 2.22. The molecule has 2 rings (SSSR count). The number of thioether (sulfide) groups is 1. The zero-order chi connectivity index (χ0) is 13.5. The summed E-state index contributed by atoms with van der Waals surface area (Å²) in [4.78, 5) is 12.1. The van der Waals surface area contributed by atoms with Crippen molar-refractivity contribution in [3.05, 3.63) is 0 Å². The van der Waals surface area contributed by atoms with Crippen LogP contribution >= 0.6 is 11.8 Å². The van der Waals surface area contributed by atoms with E-state index in [9.17, 15) is 4.79 Å². The molecule has 19 heavy (non-hydrogen) atoms. The first kappa shape index (κ1) is 15.2. The van der Waals surface area contributed by atoms with E-state index in [1.807, 2.05) is 11.8 Å². The second-order valence-electron chi connectivity index (χ2n) is 6.29. The van der Waals surface area contributed by atoms with E-state index in [4.69, 9.17) is 0 Å². The van der Waals surface area contributed by atoms with Crippen molar-refractivity contribution in [1.29, 1.82) is 0 Å². The number of amides is 1. The zero-order valence-electron chi connectivity index (χ0n) is 12.3. The van der Waals surface area contributed by atoms with Crippen LogP contribution in [0.25, 0.3) is 0 Å². The highest BCUT2D eigenvalue weighted by atomic mass is 32.2. The number of nitrogens with one attached hydrogen (secondary N) is 1. The average Bonchev–Trinajstić information content (AvgIpc) is 2.47. The van der Waals surface area contributed by atoms with Crippen molar-refractivity contribution in [2.45, 2.75) is 81.6 Å². The maximum Gasteiger partial charge on any atom is 0.232 e. The number of rotatable bonds is 5. The van der Waals surface area contributed by atoms with E-state index >= 15 is 0 Å². The van der Waals surface area contributed by atoms with Gasteiger partial charge in [-0.15, -0.1) is 11.8 Å². The van der Waals surface area contributed by atoms with Crippen molar-refractivity contribution in [3.63, 3.8) is 0 Å². The summed E-state index contributed by atoms with van der Waals surface area (Å²) in [6, 6.07) is 0. The van der Waals surface area contributed by atoms with Crippen LogP contribution in [0.1, 0.15) is 71.1 Å². The van der Waals surface area contributed by atoms with Gasteiger partial charge in [0, 0.05) is 11.8 Å². The van der Waals surface area contributed by atoms with E-state index in [0.29, 0.717) is 0 Å². The van der Waals surface area contributed by atoms with Gasteiger partial charge < -0.3 is 5.32 Å². The second-order valence-corrected chi connectivity index (χ2v) is 7.93. The molecule has 2 aliphatic rings. The quantitative estimate of drug-likeness (QED) is 0.821. The SMILES string of the molecule is CC(SC1CCCCC1)C(=O)NCC1CCCCC1.